The lowest BCUT2D eigenvalue weighted by Gasteiger charge is -2.23. The van der Waals surface area contributed by atoms with Crippen LogP contribution < -0.4 is 5.32 Å². The molecule has 4 heteroatoms. The summed E-state index contributed by atoms with van der Waals surface area (Å²) in [5.74, 6) is 1.16. The first-order valence-electron chi connectivity index (χ1n) is 6.77. The van der Waals surface area contributed by atoms with Gasteiger partial charge < -0.3 is 9.64 Å². The minimum atomic E-state index is 0.0115. The number of ether oxygens (including phenoxy) is 1. The van der Waals surface area contributed by atoms with Gasteiger partial charge in [-0.05, 0) is 18.8 Å². The maximum absolute atomic E-state index is 12.2. The van der Waals surface area contributed by atoms with Crippen LogP contribution in [0.2, 0.25) is 0 Å². The number of nitrogens with one attached hydrogen (secondary N) is 1. The van der Waals surface area contributed by atoms with E-state index in [9.17, 15) is 4.79 Å². The highest BCUT2D eigenvalue weighted by atomic mass is 16.5. The molecule has 0 aromatic rings. The SMILES string of the molecule is CCC1OCCC1CN1CNC(C(C)C)C1=O. The van der Waals surface area contributed by atoms with Crippen molar-refractivity contribution in [2.45, 2.75) is 45.8 Å². The molecule has 0 aromatic heterocycles. The van der Waals surface area contributed by atoms with Gasteiger partial charge >= 0.3 is 0 Å². The van der Waals surface area contributed by atoms with Gasteiger partial charge in [0.1, 0.15) is 0 Å². The minimum Gasteiger partial charge on any atom is -0.378 e. The van der Waals surface area contributed by atoms with E-state index in [2.05, 4.69) is 26.1 Å². The van der Waals surface area contributed by atoms with Gasteiger partial charge in [0.15, 0.2) is 0 Å². The second-order valence-corrected chi connectivity index (χ2v) is 5.51. The van der Waals surface area contributed by atoms with Gasteiger partial charge in [-0.15, -0.1) is 0 Å². The molecule has 2 rings (SSSR count). The Morgan fingerprint density at radius 1 is 1.53 bits per heavy atom. The highest BCUT2D eigenvalue weighted by molar-refractivity contribution is 5.84. The second kappa shape index (κ2) is 5.36. The van der Waals surface area contributed by atoms with E-state index in [1.165, 1.54) is 0 Å². The van der Waals surface area contributed by atoms with Crippen LogP contribution in [0, 0.1) is 11.8 Å². The zero-order chi connectivity index (χ0) is 12.4. The van der Waals surface area contributed by atoms with Crippen molar-refractivity contribution < 1.29 is 9.53 Å². The summed E-state index contributed by atoms with van der Waals surface area (Å²) in [6, 6.07) is 0.0115. The fraction of sp³-hybridized carbons (Fsp3) is 0.923. The predicted molar refractivity (Wildman–Crippen MR) is 66.5 cm³/mol. The third-order valence-electron chi connectivity index (χ3n) is 3.95. The first kappa shape index (κ1) is 12.8. The molecule has 1 N–H and O–H groups in total. The lowest BCUT2D eigenvalue weighted by molar-refractivity contribution is -0.130. The van der Waals surface area contributed by atoms with Crippen molar-refractivity contribution in [1.29, 1.82) is 0 Å². The summed E-state index contributed by atoms with van der Waals surface area (Å²) in [5, 5.41) is 3.30. The molecule has 1 amide bonds. The Kier molecular flexibility index (Phi) is 4.05. The van der Waals surface area contributed by atoms with Crippen LogP contribution in [0.3, 0.4) is 0 Å². The molecule has 98 valence electrons. The summed E-state index contributed by atoms with van der Waals surface area (Å²) in [6.45, 7) is 8.75. The zero-order valence-corrected chi connectivity index (χ0v) is 11.1. The van der Waals surface area contributed by atoms with Crippen LogP contribution in [0.4, 0.5) is 0 Å². The Bertz CT molecular complexity index is 281. The third kappa shape index (κ3) is 2.63. The maximum Gasteiger partial charge on any atom is 0.241 e. The van der Waals surface area contributed by atoms with Gasteiger partial charge in [0.25, 0.3) is 0 Å². The van der Waals surface area contributed by atoms with Gasteiger partial charge in [-0.2, -0.15) is 0 Å². The van der Waals surface area contributed by atoms with Gasteiger partial charge in [-0.3, -0.25) is 10.1 Å². The number of hydrogen-bond acceptors (Lipinski definition) is 3. The molecule has 0 aliphatic carbocycles. The maximum atomic E-state index is 12.2. The van der Waals surface area contributed by atoms with E-state index in [1.54, 1.807) is 0 Å². The van der Waals surface area contributed by atoms with Crippen LogP contribution in [-0.4, -0.2) is 42.8 Å². The topological polar surface area (TPSA) is 41.6 Å². The molecule has 3 atom stereocenters. The fourth-order valence-corrected chi connectivity index (χ4v) is 2.88. The minimum absolute atomic E-state index is 0.0115. The van der Waals surface area contributed by atoms with Crippen molar-refractivity contribution in [2.24, 2.45) is 11.8 Å². The van der Waals surface area contributed by atoms with Crippen molar-refractivity contribution in [3.63, 3.8) is 0 Å². The van der Waals surface area contributed by atoms with Gasteiger partial charge in [0.2, 0.25) is 5.91 Å². The Labute approximate surface area is 104 Å². The average Bonchev–Trinajstić information content (AvgIpc) is 2.87. The molecule has 4 nitrogen and oxygen atoms in total. The first-order chi connectivity index (χ1) is 8.13. The molecule has 2 saturated heterocycles. The third-order valence-corrected chi connectivity index (χ3v) is 3.95. The lowest BCUT2D eigenvalue weighted by atomic mass is 9.98. The molecular formula is C13H24N2O2. The highest BCUT2D eigenvalue weighted by Crippen LogP contribution is 2.25. The number of amides is 1. The molecule has 2 aliphatic rings. The van der Waals surface area contributed by atoms with E-state index in [0.29, 0.717) is 24.6 Å². The van der Waals surface area contributed by atoms with Crippen molar-refractivity contribution >= 4 is 5.91 Å². The number of hydrogen-bond donors (Lipinski definition) is 1. The quantitative estimate of drug-likeness (QED) is 0.803. The Morgan fingerprint density at radius 2 is 2.29 bits per heavy atom. The Hall–Kier alpha value is -0.610. The van der Waals surface area contributed by atoms with E-state index in [4.69, 9.17) is 4.74 Å². The summed E-state index contributed by atoms with van der Waals surface area (Å²) in [6.07, 6.45) is 2.49. The van der Waals surface area contributed by atoms with Crippen molar-refractivity contribution in [2.75, 3.05) is 19.8 Å². The molecule has 2 aliphatic heterocycles. The van der Waals surface area contributed by atoms with E-state index in [0.717, 1.165) is 26.0 Å². The monoisotopic (exact) mass is 240 g/mol. The van der Waals surface area contributed by atoms with Crippen molar-refractivity contribution in [3.05, 3.63) is 0 Å². The van der Waals surface area contributed by atoms with E-state index >= 15 is 0 Å². The van der Waals surface area contributed by atoms with Crippen LogP contribution in [0.25, 0.3) is 0 Å². The molecule has 0 spiro atoms. The fourth-order valence-electron chi connectivity index (χ4n) is 2.88. The van der Waals surface area contributed by atoms with Crippen molar-refractivity contribution in [3.8, 4) is 0 Å². The number of carbonyl (C=O) groups is 1. The number of carbonyl (C=O) groups excluding carboxylic acids is 1. The van der Waals surface area contributed by atoms with Crippen LogP contribution in [-0.2, 0) is 9.53 Å². The van der Waals surface area contributed by atoms with Crippen LogP contribution in [0.15, 0.2) is 0 Å². The van der Waals surface area contributed by atoms with E-state index in [-0.39, 0.29) is 11.9 Å². The summed E-state index contributed by atoms with van der Waals surface area (Å²) in [5.41, 5.74) is 0. The zero-order valence-electron chi connectivity index (χ0n) is 11.1. The largest absolute Gasteiger partial charge is 0.378 e. The number of rotatable bonds is 4. The van der Waals surface area contributed by atoms with Gasteiger partial charge in [0.05, 0.1) is 18.8 Å². The first-order valence-corrected chi connectivity index (χ1v) is 6.77. The standard InChI is InChI=1S/C13H24N2O2/c1-4-11-10(5-6-17-11)7-15-8-14-12(9(2)3)13(15)16/h9-12,14H,4-8H2,1-3H3. The molecule has 0 saturated carbocycles. The molecule has 0 aromatic carbocycles. The van der Waals surface area contributed by atoms with Gasteiger partial charge in [-0.25, -0.2) is 0 Å². The highest BCUT2D eigenvalue weighted by Gasteiger charge is 2.36. The second-order valence-electron chi connectivity index (χ2n) is 5.51. The predicted octanol–water partition coefficient (Wildman–Crippen LogP) is 1.22. The summed E-state index contributed by atoms with van der Waals surface area (Å²) < 4.78 is 5.68. The van der Waals surface area contributed by atoms with Crippen LogP contribution in [0.5, 0.6) is 0 Å². The van der Waals surface area contributed by atoms with Crippen LogP contribution in [0.1, 0.15) is 33.6 Å². The molecule has 0 radical (unpaired) electrons. The van der Waals surface area contributed by atoms with E-state index in [1.807, 2.05) is 4.90 Å². The Morgan fingerprint density at radius 3 is 2.88 bits per heavy atom. The summed E-state index contributed by atoms with van der Waals surface area (Å²) in [7, 11) is 0. The summed E-state index contributed by atoms with van der Waals surface area (Å²) >= 11 is 0. The molecule has 17 heavy (non-hydrogen) atoms. The van der Waals surface area contributed by atoms with Gasteiger partial charge in [0, 0.05) is 19.1 Å². The van der Waals surface area contributed by atoms with E-state index < -0.39 is 0 Å². The normalized spacial score (nSPS) is 34.0. The van der Waals surface area contributed by atoms with Crippen LogP contribution >= 0.6 is 0 Å². The molecule has 2 fully saturated rings. The van der Waals surface area contributed by atoms with Gasteiger partial charge in [-0.1, -0.05) is 20.8 Å². The number of nitrogens with zero attached hydrogens (tertiary/aromatic N) is 1. The molecule has 3 unspecified atom stereocenters. The molecule has 0 bridgehead atoms. The lowest BCUT2D eigenvalue weighted by Crippen LogP contribution is -2.37. The smallest absolute Gasteiger partial charge is 0.241 e. The summed E-state index contributed by atoms with van der Waals surface area (Å²) in [4.78, 5) is 14.1. The Balaban J connectivity index is 1.90. The molecular weight excluding hydrogens is 216 g/mol. The average molecular weight is 240 g/mol. The molecule has 2 heterocycles. The van der Waals surface area contributed by atoms with Crippen molar-refractivity contribution in [1.82, 2.24) is 10.2 Å².